The Morgan fingerprint density at radius 3 is 2.73 bits per heavy atom. The van der Waals surface area contributed by atoms with Crippen molar-refractivity contribution >= 4 is 5.91 Å². The largest absolute Gasteiger partial charge is 0.343 e. The summed E-state index contributed by atoms with van der Waals surface area (Å²) in [5.74, 6) is 1.82. The number of carbonyl (C=O) groups excluding carboxylic acids is 1. The maximum absolute atomic E-state index is 12.5. The molecule has 0 aliphatic carbocycles. The van der Waals surface area contributed by atoms with Gasteiger partial charge in [-0.2, -0.15) is 5.10 Å². The summed E-state index contributed by atoms with van der Waals surface area (Å²) in [5, 5.41) is 4.21. The minimum absolute atomic E-state index is 0.00881. The third kappa shape index (κ3) is 3.22. The van der Waals surface area contributed by atoms with Gasteiger partial charge in [-0.25, -0.2) is 15.0 Å². The summed E-state index contributed by atoms with van der Waals surface area (Å²) in [6.07, 6.45) is 6.98. The molecule has 3 aromatic rings. The van der Waals surface area contributed by atoms with Crippen LogP contribution in [-0.4, -0.2) is 53.6 Å². The molecule has 1 saturated heterocycles. The van der Waals surface area contributed by atoms with Gasteiger partial charge in [-0.15, -0.1) is 0 Å². The molecule has 0 saturated carbocycles. The van der Waals surface area contributed by atoms with E-state index in [1.807, 2.05) is 24.9 Å². The molecule has 8 heteroatoms. The fourth-order valence-corrected chi connectivity index (χ4v) is 3.33. The maximum atomic E-state index is 12.5. The van der Waals surface area contributed by atoms with Gasteiger partial charge < -0.3 is 9.88 Å². The van der Waals surface area contributed by atoms with Crippen LogP contribution in [0.2, 0.25) is 0 Å². The highest BCUT2D eigenvalue weighted by molar-refractivity contribution is 5.92. The van der Waals surface area contributed by atoms with Crippen LogP contribution in [-0.2, 0) is 7.05 Å². The molecule has 0 spiro atoms. The quantitative estimate of drug-likeness (QED) is 0.778. The van der Waals surface area contributed by atoms with Crippen molar-refractivity contribution < 1.29 is 4.79 Å². The van der Waals surface area contributed by atoms with Gasteiger partial charge in [0.25, 0.3) is 5.91 Å². The molecule has 1 amide bonds. The van der Waals surface area contributed by atoms with E-state index in [0.29, 0.717) is 18.8 Å². The molecule has 1 aliphatic rings. The predicted octanol–water partition coefficient (Wildman–Crippen LogP) is 1.93. The van der Waals surface area contributed by atoms with Crippen molar-refractivity contribution in [1.29, 1.82) is 0 Å². The van der Waals surface area contributed by atoms with Gasteiger partial charge in [0.15, 0.2) is 5.82 Å². The number of carbonyl (C=O) groups is 1. The van der Waals surface area contributed by atoms with E-state index in [1.54, 1.807) is 29.3 Å². The van der Waals surface area contributed by atoms with Crippen LogP contribution in [0.1, 0.15) is 40.8 Å². The van der Waals surface area contributed by atoms with Gasteiger partial charge in [0.1, 0.15) is 17.2 Å². The van der Waals surface area contributed by atoms with Gasteiger partial charge in [0.2, 0.25) is 0 Å². The number of aromatic nitrogens is 6. The Kier molecular flexibility index (Phi) is 4.24. The van der Waals surface area contributed by atoms with Gasteiger partial charge >= 0.3 is 0 Å². The first-order valence-electron chi connectivity index (χ1n) is 8.74. The molecule has 1 fully saturated rings. The second-order valence-corrected chi connectivity index (χ2v) is 6.63. The zero-order valence-corrected chi connectivity index (χ0v) is 14.9. The van der Waals surface area contributed by atoms with Gasteiger partial charge in [0.05, 0.1) is 0 Å². The lowest BCUT2D eigenvalue weighted by molar-refractivity contribution is 0.0704. The smallest absolute Gasteiger partial charge is 0.274 e. The van der Waals surface area contributed by atoms with Crippen molar-refractivity contribution in [3.8, 4) is 11.5 Å². The molecule has 1 aliphatic heterocycles. The van der Waals surface area contributed by atoms with E-state index in [-0.39, 0.29) is 11.8 Å². The molecule has 0 atom stereocenters. The summed E-state index contributed by atoms with van der Waals surface area (Å²) in [6.45, 7) is 3.35. The summed E-state index contributed by atoms with van der Waals surface area (Å²) in [7, 11) is 1.81. The van der Waals surface area contributed by atoms with Gasteiger partial charge in [-0.1, -0.05) is 0 Å². The monoisotopic (exact) mass is 351 g/mol. The Morgan fingerprint density at radius 1 is 1.27 bits per heavy atom. The van der Waals surface area contributed by atoms with Crippen molar-refractivity contribution in [2.45, 2.75) is 25.7 Å². The van der Waals surface area contributed by atoms with E-state index in [9.17, 15) is 4.79 Å². The fourth-order valence-electron chi connectivity index (χ4n) is 3.33. The SMILES string of the molecule is Cc1cc(-c2ncc[nH]2)nc(C2CCN(C(=O)c3ccn(C)n3)CC2)n1. The molecule has 0 aromatic carbocycles. The Morgan fingerprint density at radius 2 is 2.08 bits per heavy atom. The van der Waals surface area contributed by atoms with Gasteiger partial charge in [-0.3, -0.25) is 9.48 Å². The lowest BCUT2D eigenvalue weighted by Crippen LogP contribution is -2.38. The number of H-pyrrole nitrogens is 1. The van der Waals surface area contributed by atoms with Crippen LogP contribution in [0.5, 0.6) is 0 Å². The minimum Gasteiger partial charge on any atom is -0.343 e. The Hall–Kier alpha value is -3.03. The maximum Gasteiger partial charge on any atom is 0.274 e. The Labute approximate surface area is 151 Å². The molecule has 8 nitrogen and oxygen atoms in total. The number of aromatic amines is 1. The van der Waals surface area contributed by atoms with E-state index >= 15 is 0 Å². The number of likely N-dealkylation sites (tertiary alicyclic amines) is 1. The van der Waals surface area contributed by atoms with Crippen molar-refractivity contribution in [3.63, 3.8) is 0 Å². The predicted molar refractivity (Wildman–Crippen MR) is 95.4 cm³/mol. The number of nitrogens with one attached hydrogen (secondary N) is 1. The molecule has 0 unspecified atom stereocenters. The molecule has 26 heavy (non-hydrogen) atoms. The van der Waals surface area contributed by atoms with Crippen LogP contribution < -0.4 is 0 Å². The molecular weight excluding hydrogens is 330 g/mol. The number of imidazole rings is 1. The Bertz CT molecular complexity index is 908. The first-order valence-corrected chi connectivity index (χ1v) is 8.74. The van der Waals surface area contributed by atoms with Crippen LogP contribution in [0, 0.1) is 6.92 Å². The fraction of sp³-hybridized carbons (Fsp3) is 0.389. The summed E-state index contributed by atoms with van der Waals surface area (Å²) in [5.41, 5.74) is 2.23. The van der Waals surface area contributed by atoms with Crippen LogP contribution in [0.15, 0.2) is 30.7 Å². The highest BCUT2D eigenvalue weighted by Crippen LogP contribution is 2.27. The normalized spacial score (nSPS) is 15.4. The molecule has 0 radical (unpaired) electrons. The third-order valence-corrected chi connectivity index (χ3v) is 4.69. The van der Waals surface area contributed by atoms with Gasteiger partial charge in [0, 0.05) is 50.3 Å². The number of nitrogens with zero attached hydrogens (tertiary/aromatic N) is 6. The average molecular weight is 351 g/mol. The first kappa shape index (κ1) is 16.4. The van der Waals surface area contributed by atoms with Crippen LogP contribution in [0.3, 0.4) is 0 Å². The summed E-state index contributed by atoms with van der Waals surface area (Å²) in [4.78, 5) is 31.1. The van der Waals surface area contributed by atoms with E-state index in [4.69, 9.17) is 4.98 Å². The van der Waals surface area contributed by atoms with E-state index in [2.05, 4.69) is 20.1 Å². The summed E-state index contributed by atoms with van der Waals surface area (Å²) in [6, 6.07) is 3.69. The topological polar surface area (TPSA) is 92.6 Å². The number of aryl methyl sites for hydroxylation is 2. The van der Waals surface area contributed by atoms with Crippen molar-refractivity contribution in [1.82, 2.24) is 34.6 Å². The third-order valence-electron chi connectivity index (χ3n) is 4.69. The number of hydrogen-bond acceptors (Lipinski definition) is 5. The van der Waals surface area contributed by atoms with Crippen molar-refractivity contribution in [2.24, 2.45) is 7.05 Å². The lowest BCUT2D eigenvalue weighted by atomic mass is 9.95. The van der Waals surface area contributed by atoms with E-state index in [1.165, 1.54) is 0 Å². The molecule has 1 N–H and O–H groups in total. The molecule has 4 rings (SSSR count). The minimum atomic E-state index is -0.00881. The van der Waals surface area contributed by atoms with Crippen molar-refractivity contribution in [2.75, 3.05) is 13.1 Å². The van der Waals surface area contributed by atoms with Gasteiger partial charge in [-0.05, 0) is 31.9 Å². The zero-order valence-electron chi connectivity index (χ0n) is 14.9. The van der Waals surface area contributed by atoms with Crippen LogP contribution >= 0.6 is 0 Å². The zero-order chi connectivity index (χ0) is 18.1. The first-order chi connectivity index (χ1) is 12.6. The second-order valence-electron chi connectivity index (χ2n) is 6.63. The molecular formula is C18H21N7O. The highest BCUT2D eigenvalue weighted by Gasteiger charge is 2.27. The number of hydrogen-bond donors (Lipinski definition) is 1. The van der Waals surface area contributed by atoms with Crippen LogP contribution in [0.4, 0.5) is 0 Å². The van der Waals surface area contributed by atoms with Crippen molar-refractivity contribution in [3.05, 3.63) is 47.9 Å². The number of rotatable bonds is 3. The summed E-state index contributed by atoms with van der Waals surface area (Å²) < 4.78 is 1.65. The summed E-state index contributed by atoms with van der Waals surface area (Å²) >= 11 is 0. The Balaban J connectivity index is 1.47. The molecule has 3 aromatic heterocycles. The molecule has 4 heterocycles. The molecule has 0 bridgehead atoms. The van der Waals surface area contributed by atoms with E-state index < -0.39 is 0 Å². The number of piperidine rings is 1. The average Bonchev–Trinajstić information content (AvgIpc) is 3.32. The van der Waals surface area contributed by atoms with Crippen LogP contribution in [0.25, 0.3) is 11.5 Å². The lowest BCUT2D eigenvalue weighted by Gasteiger charge is -2.31. The second kappa shape index (κ2) is 6.70. The highest BCUT2D eigenvalue weighted by atomic mass is 16.2. The van der Waals surface area contributed by atoms with E-state index in [0.717, 1.165) is 35.9 Å². The number of amides is 1. The standard InChI is InChI=1S/C18H21N7O/c1-12-11-15(17-19-6-7-20-17)22-16(21-12)13-3-9-25(10-4-13)18(26)14-5-8-24(2)23-14/h5-8,11,13H,3-4,9-10H2,1-2H3,(H,19,20). The molecule has 134 valence electrons.